The third-order valence-corrected chi connectivity index (χ3v) is 6.27. The van der Waals surface area contributed by atoms with Crippen molar-refractivity contribution in [2.45, 2.75) is 36.1 Å². The van der Waals surface area contributed by atoms with E-state index < -0.39 is 37.1 Å². The molecule has 0 saturated carbocycles. The van der Waals surface area contributed by atoms with Crippen molar-refractivity contribution in [1.29, 1.82) is 0 Å². The van der Waals surface area contributed by atoms with Crippen LogP contribution in [-0.2, 0) is 4.74 Å². The van der Waals surface area contributed by atoms with Crippen molar-refractivity contribution in [2.75, 3.05) is 24.7 Å². The van der Waals surface area contributed by atoms with Gasteiger partial charge < -0.3 is 40.7 Å². The number of aromatic hydroxyl groups is 1. The molecule has 4 rings (SSSR count). The van der Waals surface area contributed by atoms with Crippen molar-refractivity contribution >= 4 is 34.7 Å². The predicted octanol–water partition coefficient (Wildman–Crippen LogP) is -0.0150. The number of para-hydroxylation sites is 1. The average molecular weight is 493 g/mol. The summed E-state index contributed by atoms with van der Waals surface area (Å²) in [6.45, 7) is -0.371. The molecular formula is C20H23N5O8S. The molecule has 0 amide bonds. The Morgan fingerprint density at radius 2 is 2.06 bits per heavy atom. The number of phenolic OH excluding ortho intramolecular Hbond substituents is 1. The number of nitrogens with two attached hydrogens (primary N) is 1. The standard InChI is InChI=1S/C20H23N5O8S/c21-16-12-17(23-8-22-16)25(18-14(29)13(28)11(7-26)33-18)20(24-12)34-6-2-5-32-15-9(19(30)31)3-1-4-10(15)27/h1,3-4,8,11,13-14,18,26-29H,2,5-7H2,(H,30,31)(H2,21,22,23)/t11-,13?,14?,18-/m1/s1. The number of imidazole rings is 1. The maximum absolute atomic E-state index is 11.3. The molecule has 0 aliphatic carbocycles. The SMILES string of the molecule is Nc1ncnc2c1nc(SCCCOc1c(O)cccc1C(=O)O)n2[C@@H]1O[C@H](CO)C(O)C1O. The van der Waals surface area contributed by atoms with Crippen LogP contribution < -0.4 is 10.5 Å². The zero-order chi connectivity index (χ0) is 24.4. The summed E-state index contributed by atoms with van der Waals surface area (Å²) in [5.74, 6) is -1.02. The molecule has 2 unspecified atom stereocenters. The van der Waals surface area contributed by atoms with Crippen molar-refractivity contribution in [3.63, 3.8) is 0 Å². The van der Waals surface area contributed by atoms with Crippen molar-refractivity contribution in [2.24, 2.45) is 0 Å². The lowest BCUT2D eigenvalue weighted by Gasteiger charge is -2.19. The maximum atomic E-state index is 11.3. The Morgan fingerprint density at radius 1 is 1.26 bits per heavy atom. The van der Waals surface area contributed by atoms with E-state index in [1.165, 1.54) is 40.9 Å². The van der Waals surface area contributed by atoms with Crippen molar-refractivity contribution in [1.82, 2.24) is 19.5 Å². The topological polar surface area (TPSA) is 206 Å². The van der Waals surface area contributed by atoms with Crippen LogP contribution in [0.4, 0.5) is 5.82 Å². The number of aliphatic hydroxyl groups is 3. The van der Waals surface area contributed by atoms with E-state index in [1.54, 1.807) is 0 Å². The summed E-state index contributed by atoms with van der Waals surface area (Å²) in [7, 11) is 0. The molecule has 2 aromatic heterocycles. The summed E-state index contributed by atoms with van der Waals surface area (Å²) >= 11 is 1.26. The average Bonchev–Trinajstić information content (AvgIpc) is 3.32. The summed E-state index contributed by atoms with van der Waals surface area (Å²) in [6, 6.07) is 4.09. The third-order valence-electron chi connectivity index (χ3n) is 5.24. The van der Waals surface area contributed by atoms with E-state index in [2.05, 4.69) is 15.0 Å². The largest absolute Gasteiger partial charge is 0.504 e. The number of hydrogen-bond acceptors (Lipinski definition) is 12. The number of rotatable bonds is 9. The summed E-state index contributed by atoms with van der Waals surface area (Å²) in [4.78, 5) is 23.9. The van der Waals surface area contributed by atoms with Crippen LogP contribution in [-0.4, -0.2) is 88.3 Å². The zero-order valence-corrected chi connectivity index (χ0v) is 18.5. The smallest absolute Gasteiger partial charge is 0.339 e. The second kappa shape index (κ2) is 9.99. The fourth-order valence-electron chi connectivity index (χ4n) is 3.57. The number of carboxylic acid groups (broad SMARTS) is 1. The Morgan fingerprint density at radius 3 is 2.76 bits per heavy atom. The van der Waals surface area contributed by atoms with Crippen LogP contribution in [0, 0.1) is 0 Å². The van der Waals surface area contributed by atoms with Gasteiger partial charge in [0.1, 0.15) is 30.2 Å². The highest BCUT2D eigenvalue weighted by molar-refractivity contribution is 7.99. The Bertz CT molecular complexity index is 1190. The number of nitrogens with zero attached hydrogens (tertiary/aromatic N) is 4. The van der Waals surface area contributed by atoms with Gasteiger partial charge in [-0.25, -0.2) is 19.7 Å². The number of nitrogen functional groups attached to an aromatic ring is 1. The number of hydrogen-bond donors (Lipinski definition) is 6. The van der Waals surface area contributed by atoms with E-state index in [0.29, 0.717) is 28.5 Å². The number of carbonyl (C=O) groups is 1. The number of phenols is 1. The van der Waals surface area contributed by atoms with E-state index in [0.717, 1.165) is 0 Å². The number of benzene rings is 1. The van der Waals surface area contributed by atoms with E-state index in [-0.39, 0.29) is 29.5 Å². The zero-order valence-electron chi connectivity index (χ0n) is 17.7. The normalized spacial score (nSPS) is 22.3. The second-order valence-corrected chi connectivity index (χ2v) is 8.50. The van der Waals surface area contributed by atoms with Crippen LogP contribution in [0.3, 0.4) is 0 Å². The molecule has 0 bridgehead atoms. The Labute approximate surface area is 196 Å². The van der Waals surface area contributed by atoms with E-state index >= 15 is 0 Å². The Kier molecular flexibility index (Phi) is 7.04. The number of ether oxygens (including phenoxy) is 2. The molecule has 14 heteroatoms. The quantitative estimate of drug-likeness (QED) is 0.171. The highest BCUT2D eigenvalue weighted by Crippen LogP contribution is 2.36. The Balaban J connectivity index is 1.49. The molecule has 1 saturated heterocycles. The predicted molar refractivity (Wildman–Crippen MR) is 119 cm³/mol. The number of aliphatic hydroxyl groups excluding tert-OH is 3. The lowest BCUT2D eigenvalue weighted by molar-refractivity contribution is -0.0548. The molecule has 3 heterocycles. The molecule has 1 aliphatic heterocycles. The van der Waals surface area contributed by atoms with Crippen molar-refractivity contribution in [3.8, 4) is 11.5 Å². The van der Waals surface area contributed by atoms with Crippen molar-refractivity contribution < 1.29 is 39.8 Å². The number of fused-ring (bicyclic) bond motifs is 1. The van der Waals surface area contributed by atoms with Gasteiger partial charge in [-0.05, 0) is 18.6 Å². The van der Waals surface area contributed by atoms with Gasteiger partial charge in [0.2, 0.25) is 0 Å². The molecule has 0 spiro atoms. The van der Waals surface area contributed by atoms with Gasteiger partial charge in [-0.2, -0.15) is 0 Å². The number of aromatic carboxylic acids is 1. The van der Waals surface area contributed by atoms with Gasteiger partial charge in [-0.3, -0.25) is 4.57 Å². The molecule has 1 fully saturated rings. The molecule has 0 radical (unpaired) electrons. The lowest BCUT2D eigenvalue weighted by atomic mass is 10.1. The molecule has 1 aromatic carbocycles. The van der Waals surface area contributed by atoms with Gasteiger partial charge in [-0.1, -0.05) is 17.8 Å². The number of carboxylic acids is 1. The molecule has 34 heavy (non-hydrogen) atoms. The van der Waals surface area contributed by atoms with Crippen LogP contribution >= 0.6 is 11.8 Å². The minimum Gasteiger partial charge on any atom is -0.504 e. The number of thioether (sulfide) groups is 1. The van der Waals surface area contributed by atoms with Crippen molar-refractivity contribution in [3.05, 3.63) is 30.1 Å². The fraction of sp³-hybridized carbons (Fsp3) is 0.400. The first-order valence-corrected chi connectivity index (χ1v) is 11.2. The van der Waals surface area contributed by atoms with Gasteiger partial charge in [0.25, 0.3) is 0 Å². The van der Waals surface area contributed by atoms with E-state index in [9.17, 15) is 30.3 Å². The van der Waals surface area contributed by atoms with Crippen LogP contribution in [0.15, 0.2) is 29.7 Å². The number of anilines is 1. The highest BCUT2D eigenvalue weighted by Gasteiger charge is 2.45. The van der Waals surface area contributed by atoms with Crippen LogP contribution in [0.1, 0.15) is 23.0 Å². The molecule has 1 aliphatic rings. The monoisotopic (exact) mass is 493 g/mol. The second-order valence-electron chi connectivity index (χ2n) is 7.43. The first-order chi connectivity index (χ1) is 16.3. The summed E-state index contributed by atoms with van der Waals surface area (Å²) in [5, 5.41) is 49.7. The minimum atomic E-state index is -1.34. The van der Waals surface area contributed by atoms with Crippen LogP contribution in [0.25, 0.3) is 11.2 Å². The summed E-state index contributed by atoms with van der Waals surface area (Å²) in [6.07, 6.45) is -3.01. The molecular weight excluding hydrogens is 470 g/mol. The molecule has 7 N–H and O–H groups in total. The lowest BCUT2D eigenvalue weighted by Crippen LogP contribution is -2.33. The molecule has 182 valence electrons. The number of aromatic nitrogens is 4. The Hall–Kier alpha value is -3.17. The maximum Gasteiger partial charge on any atom is 0.339 e. The summed E-state index contributed by atoms with van der Waals surface area (Å²) < 4.78 is 12.6. The van der Waals surface area contributed by atoms with E-state index in [4.69, 9.17) is 15.2 Å². The third kappa shape index (κ3) is 4.45. The van der Waals surface area contributed by atoms with Gasteiger partial charge in [-0.15, -0.1) is 0 Å². The molecule has 3 aromatic rings. The van der Waals surface area contributed by atoms with E-state index in [1.807, 2.05) is 0 Å². The first-order valence-electron chi connectivity index (χ1n) is 10.2. The van der Waals surface area contributed by atoms with Gasteiger partial charge in [0.05, 0.1) is 13.2 Å². The van der Waals surface area contributed by atoms with Gasteiger partial charge in [0.15, 0.2) is 39.9 Å². The van der Waals surface area contributed by atoms with Crippen LogP contribution in [0.2, 0.25) is 0 Å². The summed E-state index contributed by atoms with van der Waals surface area (Å²) in [5.41, 5.74) is 6.36. The van der Waals surface area contributed by atoms with Gasteiger partial charge in [0, 0.05) is 5.75 Å². The highest BCUT2D eigenvalue weighted by atomic mass is 32.2. The van der Waals surface area contributed by atoms with Gasteiger partial charge >= 0.3 is 5.97 Å². The fourth-order valence-corrected chi connectivity index (χ4v) is 4.50. The minimum absolute atomic E-state index is 0.109. The van der Waals surface area contributed by atoms with Crippen LogP contribution in [0.5, 0.6) is 11.5 Å². The molecule has 13 nitrogen and oxygen atoms in total. The molecule has 4 atom stereocenters. The first kappa shape index (κ1) is 24.0.